The summed E-state index contributed by atoms with van der Waals surface area (Å²) in [4.78, 5) is 55.6. The summed E-state index contributed by atoms with van der Waals surface area (Å²) in [5.41, 5.74) is 1.63. The molecule has 3 amide bonds. The van der Waals surface area contributed by atoms with E-state index in [0.29, 0.717) is 6.42 Å². The van der Waals surface area contributed by atoms with Crippen molar-refractivity contribution in [2.24, 2.45) is 5.92 Å². The van der Waals surface area contributed by atoms with Gasteiger partial charge in [-0.05, 0) is 35.6 Å². The minimum Gasteiger partial charge on any atom is -0.445 e. The smallest absolute Gasteiger partial charge is 0.408 e. The highest BCUT2D eigenvalue weighted by molar-refractivity contribution is 5.97. The normalized spacial score (nSPS) is 16.3. The molecule has 0 aliphatic carbocycles. The van der Waals surface area contributed by atoms with Gasteiger partial charge in [-0.2, -0.15) is 0 Å². The number of carbonyl (C=O) groups is 4. The van der Waals surface area contributed by atoms with Gasteiger partial charge in [-0.3, -0.25) is 19.4 Å². The maximum absolute atomic E-state index is 12.9. The van der Waals surface area contributed by atoms with Crippen molar-refractivity contribution in [1.82, 2.24) is 20.5 Å². The molecule has 1 aromatic heterocycles. The molecule has 9 nitrogen and oxygen atoms in total. The number of nitrogens with zero attached hydrogens (tertiary/aromatic N) is 2. The van der Waals surface area contributed by atoms with Crippen LogP contribution in [-0.2, 0) is 32.1 Å². The molecule has 1 unspecified atom stereocenters. The number of ether oxygens (including phenoxy) is 1. The van der Waals surface area contributed by atoms with E-state index in [1.165, 1.54) is 4.90 Å². The summed E-state index contributed by atoms with van der Waals surface area (Å²) >= 11 is 0. The first-order valence-corrected chi connectivity index (χ1v) is 11.3. The number of benzene rings is 1. The first kappa shape index (κ1) is 24.9. The summed E-state index contributed by atoms with van der Waals surface area (Å²) in [7, 11) is 0. The fourth-order valence-corrected chi connectivity index (χ4v) is 3.67. The van der Waals surface area contributed by atoms with Gasteiger partial charge in [0.1, 0.15) is 18.7 Å². The molecule has 0 spiro atoms. The predicted molar refractivity (Wildman–Crippen MR) is 124 cm³/mol. The average molecular weight is 467 g/mol. The number of rotatable bonds is 9. The van der Waals surface area contributed by atoms with Gasteiger partial charge < -0.3 is 20.3 Å². The van der Waals surface area contributed by atoms with E-state index in [1.54, 1.807) is 24.5 Å². The van der Waals surface area contributed by atoms with Gasteiger partial charge in [-0.15, -0.1) is 0 Å². The molecule has 0 saturated carbocycles. The lowest BCUT2D eigenvalue weighted by atomic mass is 10.0. The Hall–Kier alpha value is -3.75. The molecule has 34 heavy (non-hydrogen) atoms. The van der Waals surface area contributed by atoms with Crippen molar-refractivity contribution in [3.8, 4) is 0 Å². The quantitative estimate of drug-likeness (QED) is 0.583. The second-order valence-corrected chi connectivity index (χ2v) is 8.72. The molecule has 1 aliphatic heterocycles. The van der Waals surface area contributed by atoms with Gasteiger partial charge in [0, 0.05) is 18.9 Å². The summed E-state index contributed by atoms with van der Waals surface area (Å²) in [6.45, 7) is 3.96. The fourth-order valence-electron chi connectivity index (χ4n) is 3.67. The van der Waals surface area contributed by atoms with E-state index in [4.69, 9.17) is 4.74 Å². The number of hydrogen-bond donors (Lipinski definition) is 2. The van der Waals surface area contributed by atoms with Crippen LogP contribution in [0.5, 0.6) is 0 Å². The van der Waals surface area contributed by atoms with Crippen molar-refractivity contribution >= 4 is 23.7 Å². The second kappa shape index (κ2) is 11.9. The molecule has 3 rings (SSSR count). The molecule has 0 bridgehead atoms. The van der Waals surface area contributed by atoms with Crippen LogP contribution in [0.15, 0.2) is 54.9 Å². The number of ketones is 1. The van der Waals surface area contributed by atoms with E-state index in [9.17, 15) is 19.2 Å². The van der Waals surface area contributed by atoms with Gasteiger partial charge in [0.05, 0.1) is 13.0 Å². The minimum atomic E-state index is -0.869. The van der Waals surface area contributed by atoms with Crippen molar-refractivity contribution < 1.29 is 23.9 Å². The molecule has 0 radical (unpaired) electrons. The van der Waals surface area contributed by atoms with Crippen LogP contribution in [-0.4, -0.2) is 58.7 Å². The molecule has 1 aliphatic rings. The van der Waals surface area contributed by atoms with Crippen LogP contribution in [0.3, 0.4) is 0 Å². The maximum atomic E-state index is 12.9. The van der Waals surface area contributed by atoms with Crippen molar-refractivity contribution in [3.63, 3.8) is 0 Å². The minimum absolute atomic E-state index is 0.0456. The van der Waals surface area contributed by atoms with Crippen LogP contribution >= 0.6 is 0 Å². The van der Waals surface area contributed by atoms with E-state index in [-0.39, 0.29) is 43.7 Å². The largest absolute Gasteiger partial charge is 0.445 e. The number of Topliss-reactive ketones (excluding diaryl/α,β-unsaturated/α-hetero) is 1. The zero-order valence-corrected chi connectivity index (χ0v) is 19.4. The van der Waals surface area contributed by atoms with Gasteiger partial charge >= 0.3 is 6.09 Å². The summed E-state index contributed by atoms with van der Waals surface area (Å²) in [6, 6.07) is 11.0. The Labute approximate surface area is 198 Å². The van der Waals surface area contributed by atoms with E-state index < -0.39 is 24.1 Å². The lowest BCUT2D eigenvalue weighted by Crippen LogP contribution is -2.52. The summed E-state index contributed by atoms with van der Waals surface area (Å²) in [6.07, 6.45) is 3.02. The number of pyridine rings is 1. The van der Waals surface area contributed by atoms with Gasteiger partial charge in [-0.1, -0.05) is 44.2 Å². The Kier molecular flexibility index (Phi) is 8.73. The van der Waals surface area contributed by atoms with Crippen LogP contribution < -0.4 is 10.6 Å². The zero-order valence-electron chi connectivity index (χ0n) is 19.4. The third-order valence-electron chi connectivity index (χ3n) is 5.44. The standard InChI is InChI=1S/C25H30N4O5/c1-17(2)12-20(28-25(33)34-16-19-8-10-26-11-9-19)24(32)27-21-14-29(15-22(21)30)23(31)13-18-6-4-3-5-7-18/h3-11,17,20-21H,12-16H2,1-2H3,(H,27,32)(H,28,33)/t20-,21?/m0/s1. The summed E-state index contributed by atoms with van der Waals surface area (Å²) < 4.78 is 5.21. The number of alkyl carbamates (subject to hydrolysis) is 1. The molecular formula is C25H30N4O5. The van der Waals surface area contributed by atoms with Gasteiger partial charge in [-0.25, -0.2) is 4.79 Å². The Bertz CT molecular complexity index is 997. The van der Waals surface area contributed by atoms with Crippen molar-refractivity contribution in [3.05, 3.63) is 66.0 Å². The number of amides is 3. The molecule has 2 aromatic rings. The highest BCUT2D eigenvalue weighted by atomic mass is 16.5. The van der Waals surface area contributed by atoms with Gasteiger partial charge in [0.2, 0.25) is 11.8 Å². The second-order valence-electron chi connectivity index (χ2n) is 8.72. The third-order valence-corrected chi connectivity index (χ3v) is 5.44. The zero-order chi connectivity index (χ0) is 24.5. The van der Waals surface area contributed by atoms with Crippen molar-refractivity contribution in [1.29, 1.82) is 0 Å². The topological polar surface area (TPSA) is 118 Å². The number of nitrogens with one attached hydrogen (secondary N) is 2. The predicted octanol–water partition coefficient (Wildman–Crippen LogP) is 1.86. The number of carbonyl (C=O) groups excluding carboxylic acids is 4. The van der Waals surface area contributed by atoms with E-state index in [0.717, 1.165) is 11.1 Å². The van der Waals surface area contributed by atoms with Crippen LogP contribution in [0.1, 0.15) is 31.4 Å². The maximum Gasteiger partial charge on any atom is 0.408 e. The summed E-state index contributed by atoms with van der Waals surface area (Å²) in [5.74, 6) is -0.782. The first-order valence-electron chi connectivity index (χ1n) is 11.3. The van der Waals surface area contributed by atoms with E-state index in [2.05, 4.69) is 15.6 Å². The van der Waals surface area contributed by atoms with Gasteiger partial charge in [0.15, 0.2) is 5.78 Å². The first-order chi connectivity index (χ1) is 16.3. The Morgan fingerprint density at radius 3 is 2.47 bits per heavy atom. The van der Waals surface area contributed by atoms with Crippen molar-refractivity contribution in [2.75, 3.05) is 13.1 Å². The van der Waals surface area contributed by atoms with Crippen LogP contribution in [0.25, 0.3) is 0 Å². The molecule has 2 heterocycles. The molecule has 2 N–H and O–H groups in total. The molecule has 1 aromatic carbocycles. The highest BCUT2D eigenvalue weighted by Crippen LogP contribution is 2.12. The van der Waals surface area contributed by atoms with Crippen LogP contribution in [0.2, 0.25) is 0 Å². The molecular weight excluding hydrogens is 436 g/mol. The lowest BCUT2D eigenvalue weighted by Gasteiger charge is -2.22. The summed E-state index contributed by atoms with van der Waals surface area (Å²) in [5, 5.41) is 5.29. The number of hydrogen-bond acceptors (Lipinski definition) is 6. The molecule has 1 saturated heterocycles. The van der Waals surface area contributed by atoms with Crippen LogP contribution in [0, 0.1) is 5.92 Å². The SMILES string of the molecule is CC(C)C[C@H](NC(=O)OCc1ccncc1)C(=O)NC1CN(C(=O)Cc2ccccc2)CC1=O. The van der Waals surface area contributed by atoms with Gasteiger partial charge in [0.25, 0.3) is 0 Å². The highest BCUT2D eigenvalue weighted by Gasteiger charge is 2.36. The lowest BCUT2D eigenvalue weighted by molar-refractivity contribution is -0.131. The van der Waals surface area contributed by atoms with Crippen molar-refractivity contribution in [2.45, 2.75) is 45.4 Å². The van der Waals surface area contributed by atoms with Crippen LogP contribution in [0.4, 0.5) is 4.79 Å². The molecule has 2 atom stereocenters. The van der Waals surface area contributed by atoms with E-state index in [1.807, 2.05) is 44.2 Å². The number of aromatic nitrogens is 1. The molecule has 9 heteroatoms. The Morgan fingerprint density at radius 1 is 1.09 bits per heavy atom. The molecule has 180 valence electrons. The van der Waals surface area contributed by atoms with E-state index >= 15 is 0 Å². The molecule has 1 fully saturated rings. The monoisotopic (exact) mass is 466 g/mol. The number of likely N-dealkylation sites (tertiary alicyclic amines) is 1. The average Bonchev–Trinajstić information content (AvgIpc) is 3.18. The third kappa shape index (κ3) is 7.40. The Morgan fingerprint density at radius 2 is 1.79 bits per heavy atom. The fraction of sp³-hybridized carbons (Fsp3) is 0.400. The Balaban J connectivity index is 1.54.